The van der Waals surface area contributed by atoms with E-state index >= 15 is 0 Å². The number of ether oxygens (including phenoxy) is 1. The number of halogens is 9. The van der Waals surface area contributed by atoms with E-state index in [1.807, 2.05) is 6.58 Å². The Hall–Kier alpha value is -0.930. The van der Waals surface area contributed by atoms with Crippen LogP contribution in [0.2, 0.25) is 0 Å². The summed E-state index contributed by atoms with van der Waals surface area (Å²) in [5, 5.41) is 0. The van der Waals surface area contributed by atoms with Crippen molar-refractivity contribution in [2.75, 3.05) is 0 Å². The second-order valence-corrected chi connectivity index (χ2v) is 2.49. The summed E-state index contributed by atoms with van der Waals surface area (Å²) < 4.78 is 109. The van der Waals surface area contributed by atoms with Crippen LogP contribution in [0.1, 0.15) is 0 Å². The van der Waals surface area contributed by atoms with Gasteiger partial charge in [-0.25, -0.2) is 13.5 Å². The Labute approximate surface area is 82.5 Å². The zero-order valence-corrected chi connectivity index (χ0v) is 7.09. The van der Waals surface area contributed by atoms with E-state index in [9.17, 15) is 39.5 Å². The molecule has 0 rings (SSSR count). The van der Waals surface area contributed by atoms with Gasteiger partial charge >= 0.3 is 18.4 Å². The van der Waals surface area contributed by atoms with Gasteiger partial charge in [-0.15, -0.1) is 0 Å². The van der Waals surface area contributed by atoms with Gasteiger partial charge in [0.25, 0.3) is 6.17 Å². The third-order valence-corrected chi connectivity index (χ3v) is 1.16. The molecule has 0 radical (unpaired) electrons. The van der Waals surface area contributed by atoms with Crippen LogP contribution < -0.4 is 0 Å². The first-order chi connectivity index (χ1) is 6.81. The van der Waals surface area contributed by atoms with Crippen molar-refractivity contribution in [1.82, 2.24) is 0 Å². The molecule has 0 aromatic heterocycles. The maximum atomic E-state index is 12.2. The lowest BCUT2D eigenvalue weighted by Crippen LogP contribution is -2.47. The highest BCUT2D eigenvalue weighted by Gasteiger charge is 2.62. The molecular formula is C6H3F9O. The fourth-order valence-corrected chi connectivity index (χ4v) is 0.469. The lowest BCUT2D eigenvalue weighted by molar-refractivity contribution is -0.407. The molecule has 0 aliphatic carbocycles. The number of alkyl halides is 8. The Bertz CT molecular complexity index is 268. The summed E-state index contributed by atoms with van der Waals surface area (Å²) in [4.78, 5) is 0. The van der Waals surface area contributed by atoms with Crippen LogP contribution >= 0.6 is 0 Å². The van der Waals surface area contributed by atoms with E-state index in [-0.39, 0.29) is 0 Å². The van der Waals surface area contributed by atoms with Crippen LogP contribution in [0.3, 0.4) is 0 Å². The summed E-state index contributed by atoms with van der Waals surface area (Å²) in [6.45, 7) is 1.85. The standard InChI is InChI=1S/C6H3F9O/c1-2(7)5(12,13)16-6(14,15)3(8)4(9,10)11/h3H,1H2. The lowest BCUT2D eigenvalue weighted by atomic mass is 10.3. The van der Waals surface area contributed by atoms with Gasteiger partial charge in [-0.3, -0.25) is 0 Å². The van der Waals surface area contributed by atoms with Gasteiger partial charge in [-0.2, -0.15) is 30.7 Å². The minimum atomic E-state index is -6.13. The van der Waals surface area contributed by atoms with Crippen molar-refractivity contribution < 1.29 is 44.3 Å². The van der Waals surface area contributed by atoms with Crippen LogP contribution in [0.4, 0.5) is 39.5 Å². The molecule has 1 unspecified atom stereocenters. The third-order valence-electron chi connectivity index (χ3n) is 1.16. The van der Waals surface area contributed by atoms with Gasteiger partial charge in [0.2, 0.25) is 0 Å². The number of rotatable bonds is 4. The van der Waals surface area contributed by atoms with Crippen molar-refractivity contribution in [3.63, 3.8) is 0 Å². The monoisotopic (exact) mass is 262 g/mol. The quantitative estimate of drug-likeness (QED) is 0.704. The molecule has 96 valence electrons. The van der Waals surface area contributed by atoms with Gasteiger partial charge in [0.15, 0.2) is 5.83 Å². The van der Waals surface area contributed by atoms with Gasteiger partial charge in [-0.1, -0.05) is 6.58 Å². The molecule has 16 heavy (non-hydrogen) atoms. The Balaban J connectivity index is 4.89. The molecule has 0 aliphatic heterocycles. The van der Waals surface area contributed by atoms with Crippen LogP contribution in [0.15, 0.2) is 12.4 Å². The van der Waals surface area contributed by atoms with Gasteiger partial charge in [0.1, 0.15) is 0 Å². The summed E-state index contributed by atoms with van der Waals surface area (Å²) in [6.07, 6.45) is -22.5. The average Bonchev–Trinajstić information content (AvgIpc) is 1.98. The van der Waals surface area contributed by atoms with Crippen LogP contribution in [-0.2, 0) is 4.74 Å². The maximum Gasteiger partial charge on any atom is 0.428 e. The zero-order chi connectivity index (χ0) is 13.4. The van der Waals surface area contributed by atoms with Crippen molar-refractivity contribution in [1.29, 1.82) is 0 Å². The summed E-state index contributed by atoms with van der Waals surface area (Å²) in [5.41, 5.74) is 0. The van der Waals surface area contributed by atoms with Crippen LogP contribution in [0, 0.1) is 0 Å². The first kappa shape index (κ1) is 15.1. The van der Waals surface area contributed by atoms with Gasteiger partial charge in [0, 0.05) is 0 Å². The van der Waals surface area contributed by atoms with E-state index in [1.54, 1.807) is 0 Å². The zero-order valence-electron chi connectivity index (χ0n) is 7.09. The van der Waals surface area contributed by atoms with Crippen molar-refractivity contribution in [2.24, 2.45) is 0 Å². The molecule has 0 spiro atoms. The van der Waals surface area contributed by atoms with E-state index in [0.717, 1.165) is 0 Å². The molecule has 1 atom stereocenters. The van der Waals surface area contributed by atoms with Crippen LogP contribution in [-0.4, -0.2) is 24.6 Å². The second kappa shape index (κ2) is 4.15. The Morgan fingerprint density at radius 3 is 1.62 bits per heavy atom. The van der Waals surface area contributed by atoms with E-state index in [2.05, 4.69) is 4.74 Å². The van der Waals surface area contributed by atoms with E-state index < -0.39 is 30.4 Å². The molecule has 0 bridgehead atoms. The normalized spacial score (nSPS) is 16.1. The number of hydrogen-bond donors (Lipinski definition) is 0. The maximum absolute atomic E-state index is 12.2. The Morgan fingerprint density at radius 1 is 1.00 bits per heavy atom. The molecule has 0 fully saturated rings. The Kier molecular flexibility index (Phi) is 3.91. The summed E-state index contributed by atoms with van der Waals surface area (Å²) in [7, 11) is 0. The first-order valence-corrected chi connectivity index (χ1v) is 3.32. The molecule has 1 nitrogen and oxygen atoms in total. The van der Waals surface area contributed by atoms with Crippen molar-refractivity contribution >= 4 is 0 Å². The smallest absolute Gasteiger partial charge is 0.247 e. The van der Waals surface area contributed by atoms with Crippen molar-refractivity contribution in [3.8, 4) is 0 Å². The molecule has 0 amide bonds. The average molecular weight is 262 g/mol. The predicted molar refractivity (Wildman–Crippen MR) is 32.2 cm³/mol. The van der Waals surface area contributed by atoms with E-state index in [4.69, 9.17) is 0 Å². The molecule has 0 N–H and O–H groups in total. The van der Waals surface area contributed by atoms with E-state index in [0.29, 0.717) is 0 Å². The molecule has 0 saturated heterocycles. The SMILES string of the molecule is C=C(F)C(F)(F)OC(F)(F)C(F)C(F)(F)F. The molecule has 0 heterocycles. The first-order valence-electron chi connectivity index (χ1n) is 3.32. The molecule has 0 saturated carbocycles. The van der Waals surface area contributed by atoms with Gasteiger partial charge < -0.3 is 0 Å². The molecular weight excluding hydrogens is 259 g/mol. The minimum absolute atomic E-state index is 1.85. The molecule has 0 aromatic carbocycles. The summed E-state index contributed by atoms with van der Waals surface area (Å²) in [6, 6.07) is 0. The van der Waals surface area contributed by atoms with Gasteiger partial charge in [-0.05, 0) is 0 Å². The highest BCUT2D eigenvalue weighted by atomic mass is 19.4. The molecule has 0 aromatic rings. The fraction of sp³-hybridized carbons (Fsp3) is 0.667. The fourth-order valence-electron chi connectivity index (χ4n) is 0.469. The predicted octanol–water partition coefficient (Wildman–Crippen LogP) is 3.57. The second-order valence-electron chi connectivity index (χ2n) is 2.49. The van der Waals surface area contributed by atoms with Crippen LogP contribution in [0.25, 0.3) is 0 Å². The minimum Gasteiger partial charge on any atom is -0.247 e. The van der Waals surface area contributed by atoms with Crippen molar-refractivity contribution in [2.45, 2.75) is 24.6 Å². The van der Waals surface area contributed by atoms with Gasteiger partial charge in [0.05, 0.1) is 0 Å². The Morgan fingerprint density at radius 2 is 1.38 bits per heavy atom. The third kappa shape index (κ3) is 3.58. The van der Waals surface area contributed by atoms with Crippen molar-refractivity contribution in [3.05, 3.63) is 12.4 Å². The summed E-state index contributed by atoms with van der Waals surface area (Å²) in [5.74, 6) is -2.78. The largest absolute Gasteiger partial charge is 0.428 e. The topological polar surface area (TPSA) is 9.23 Å². The lowest BCUT2D eigenvalue weighted by Gasteiger charge is -2.25. The highest BCUT2D eigenvalue weighted by molar-refractivity contribution is 4.92. The van der Waals surface area contributed by atoms with E-state index in [1.165, 1.54) is 0 Å². The summed E-state index contributed by atoms with van der Waals surface area (Å²) >= 11 is 0. The highest BCUT2D eigenvalue weighted by Crippen LogP contribution is 2.40. The molecule has 10 heteroatoms. The number of hydrogen-bond acceptors (Lipinski definition) is 1. The molecule has 0 aliphatic rings. The van der Waals surface area contributed by atoms with Crippen LogP contribution in [0.5, 0.6) is 0 Å².